The molecule has 134 valence electrons. The average Bonchev–Trinajstić information content (AvgIpc) is 2.53. The largest absolute Gasteiger partial charge is 0.326 e. The Morgan fingerprint density at radius 3 is 2.08 bits per heavy atom. The monoisotopic (exact) mass is 379 g/mol. The van der Waals surface area contributed by atoms with Gasteiger partial charge in [0.1, 0.15) is 0 Å². The molecule has 0 unspecified atom stereocenters. The summed E-state index contributed by atoms with van der Waals surface area (Å²) in [7, 11) is -3.51. The van der Waals surface area contributed by atoms with Gasteiger partial charge < -0.3 is 5.32 Å². The summed E-state index contributed by atoms with van der Waals surface area (Å²) in [4.78, 5) is 12.2. The average molecular weight is 380 g/mol. The van der Waals surface area contributed by atoms with E-state index in [9.17, 15) is 13.2 Å². The molecule has 0 fully saturated rings. The first-order valence-electron chi connectivity index (χ1n) is 7.97. The predicted octanol–water partition coefficient (Wildman–Crippen LogP) is 4.44. The van der Waals surface area contributed by atoms with Crippen LogP contribution in [-0.4, -0.2) is 20.1 Å². The van der Waals surface area contributed by atoms with Crippen LogP contribution in [0.1, 0.15) is 32.8 Å². The second kappa shape index (κ2) is 7.58. The van der Waals surface area contributed by atoms with E-state index >= 15 is 0 Å². The van der Waals surface area contributed by atoms with Gasteiger partial charge in [-0.2, -0.15) is 0 Å². The van der Waals surface area contributed by atoms with Gasteiger partial charge >= 0.3 is 0 Å². The Balaban J connectivity index is 1.95. The van der Waals surface area contributed by atoms with Gasteiger partial charge in [-0.1, -0.05) is 44.5 Å². The maximum atomic E-state index is 12.2. The molecule has 0 aliphatic carbocycles. The fourth-order valence-corrected chi connectivity index (χ4v) is 3.63. The molecule has 0 aromatic heterocycles. The molecule has 0 saturated heterocycles. The molecule has 1 amide bonds. The van der Waals surface area contributed by atoms with Crippen LogP contribution in [0.5, 0.6) is 0 Å². The van der Waals surface area contributed by atoms with Crippen molar-refractivity contribution in [1.29, 1.82) is 0 Å². The van der Waals surface area contributed by atoms with Crippen molar-refractivity contribution < 1.29 is 13.2 Å². The number of rotatable bonds is 5. The fraction of sp³-hybridized carbons (Fsp3) is 0.316. The van der Waals surface area contributed by atoms with Crippen LogP contribution < -0.4 is 5.32 Å². The summed E-state index contributed by atoms with van der Waals surface area (Å²) in [5.74, 6) is -0.582. The number of hydrogen-bond acceptors (Lipinski definition) is 3. The number of benzene rings is 2. The molecule has 1 N–H and O–H groups in total. The van der Waals surface area contributed by atoms with Crippen LogP contribution in [0.3, 0.4) is 0 Å². The van der Waals surface area contributed by atoms with Crippen LogP contribution in [0.25, 0.3) is 0 Å². The number of carbonyl (C=O) groups is 1. The first-order chi connectivity index (χ1) is 11.6. The minimum atomic E-state index is -3.51. The van der Waals surface area contributed by atoms with Gasteiger partial charge in [-0.25, -0.2) is 8.42 Å². The van der Waals surface area contributed by atoms with Gasteiger partial charge in [0.2, 0.25) is 5.91 Å². The smallest absolute Gasteiger partial charge is 0.225 e. The van der Waals surface area contributed by atoms with E-state index in [1.165, 1.54) is 24.3 Å². The molecule has 25 heavy (non-hydrogen) atoms. The summed E-state index contributed by atoms with van der Waals surface area (Å²) in [6.45, 7) is 6.34. The molecule has 0 heterocycles. The number of hydrogen-bond donors (Lipinski definition) is 1. The summed E-state index contributed by atoms with van der Waals surface area (Å²) in [5.41, 5.74) is 1.85. The predicted molar refractivity (Wildman–Crippen MR) is 102 cm³/mol. The van der Waals surface area contributed by atoms with E-state index < -0.39 is 9.84 Å². The first kappa shape index (κ1) is 19.5. The molecular formula is C19H22ClNO3S. The lowest BCUT2D eigenvalue weighted by Gasteiger charge is -2.19. The molecule has 2 aromatic rings. The Kier molecular flexibility index (Phi) is 5.91. The minimum absolute atomic E-state index is 0.0369. The molecule has 6 heteroatoms. The highest BCUT2D eigenvalue weighted by Crippen LogP contribution is 2.23. The molecule has 0 aliphatic rings. The number of halogens is 1. The molecule has 0 spiro atoms. The molecule has 0 radical (unpaired) electrons. The summed E-state index contributed by atoms with van der Waals surface area (Å²) in [6.07, 6.45) is -0.105. The van der Waals surface area contributed by atoms with E-state index in [2.05, 4.69) is 26.1 Å². The fourth-order valence-electron chi connectivity index (χ4n) is 2.26. The maximum absolute atomic E-state index is 12.2. The number of nitrogens with one attached hydrogen (secondary N) is 1. The zero-order valence-corrected chi connectivity index (χ0v) is 16.1. The van der Waals surface area contributed by atoms with Crippen molar-refractivity contribution in [2.75, 3.05) is 11.1 Å². The molecule has 2 aromatic carbocycles. The number of anilines is 1. The van der Waals surface area contributed by atoms with Crippen molar-refractivity contribution in [3.8, 4) is 0 Å². The highest BCUT2D eigenvalue weighted by molar-refractivity contribution is 7.91. The number of amides is 1. The van der Waals surface area contributed by atoms with Crippen molar-refractivity contribution >= 4 is 33.0 Å². The third-order valence-corrected chi connectivity index (χ3v) is 5.79. The van der Waals surface area contributed by atoms with Crippen molar-refractivity contribution in [2.24, 2.45) is 0 Å². The van der Waals surface area contributed by atoms with Gasteiger partial charge in [0.25, 0.3) is 0 Å². The topological polar surface area (TPSA) is 63.2 Å². The molecule has 0 atom stereocenters. The SMILES string of the molecule is CC(C)(C)c1ccc(NC(=O)CCS(=O)(=O)c2ccc(Cl)cc2)cc1. The second-order valence-electron chi connectivity index (χ2n) is 6.90. The van der Waals surface area contributed by atoms with E-state index in [1.807, 2.05) is 24.3 Å². The lowest BCUT2D eigenvalue weighted by Crippen LogP contribution is -2.17. The Bertz CT molecular complexity index is 836. The van der Waals surface area contributed by atoms with E-state index in [-0.39, 0.29) is 28.4 Å². The summed E-state index contributed by atoms with van der Waals surface area (Å²) in [5, 5.41) is 3.20. The van der Waals surface area contributed by atoms with Gasteiger partial charge in [0, 0.05) is 17.1 Å². The Labute approximate surface area is 154 Å². The quantitative estimate of drug-likeness (QED) is 0.835. The van der Waals surface area contributed by atoms with E-state index in [0.29, 0.717) is 10.7 Å². The number of sulfone groups is 1. The normalized spacial score (nSPS) is 12.0. The molecule has 0 saturated carbocycles. The zero-order valence-electron chi connectivity index (χ0n) is 14.5. The van der Waals surface area contributed by atoms with Gasteiger partial charge in [0.15, 0.2) is 9.84 Å². The highest BCUT2D eigenvalue weighted by Gasteiger charge is 2.17. The third kappa shape index (κ3) is 5.58. The van der Waals surface area contributed by atoms with Gasteiger partial charge in [-0.05, 0) is 47.4 Å². The summed E-state index contributed by atoms with van der Waals surface area (Å²) < 4.78 is 24.5. The van der Waals surface area contributed by atoms with E-state index in [0.717, 1.165) is 5.56 Å². The molecule has 0 bridgehead atoms. The van der Waals surface area contributed by atoms with Crippen molar-refractivity contribution in [1.82, 2.24) is 0 Å². The van der Waals surface area contributed by atoms with Crippen LogP contribution in [0.15, 0.2) is 53.4 Å². The minimum Gasteiger partial charge on any atom is -0.326 e. The molecule has 4 nitrogen and oxygen atoms in total. The van der Waals surface area contributed by atoms with E-state index in [4.69, 9.17) is 11.6 Å². The molecular weight excluding hydrogens is 358 g/mol. The van der Waals surface area contributed by atoms with Crippen LogP contribution in [0.2, 0.25) is 5.02 Å². The van der Waals surface area contributed by atoms with E-state index in [1.54, 1.807) is 0 Å². The van der Waals surface area contributed by atoms with Crippen molar-refractivity contribution in [2.45, 2.75) is 37.5 Å². The maximum Gasteiger partial charge on any atom is 0.225 e. The molecule has 0 aliphatic heterocycles. The van der Waals surface area contributed by atoms with Crippen LogP contribution >= 0.6 is 11.6 Å². The highest BCUT2D eigenvalue weighted by atomic mass is 35.5. The number of carbonyl (C=O) groups excluding carboxylic acids is 1. The van der Waals surface area contributed by atoms with Gasteiger partial charge in [-0.3, -0.25) is 4.79 Å². The second-order valence-corrected chi connectivity index (χ2v) is 9.44. The van der Waals surface area contributed by atoms with Crippen LogP contribution in [-0.2, 0) is 20.0 Å². The van der Waals surface area contributed by atoms with Crippen LogP contribution in [0.4, 0.5) is 5.69 Å². The Morgan fingerprint density at radius 2 is 1.56 bits per heavy atom. The molecule has 2 rings (SSSR count). The lowest BCUT2D eigenvalue weighted by atomic mass is 9.87. The summed E-state index contributed by atoms with van der Waals surface area (Å²) >= 11 is 5.76. The van der Waals surface area contributed by atoms with Crippen molar-refractivity contribution in [3.63, 3.8) is 0 Å². The van der Waals surface area contributed by atoms with Gasteiger partial charge in [-0.15, -0.1) is 0 Å². The van der Waals surface area contributed by atoms with Gasteiger partial charge in [0.05, 0.1) is 10.6 Å². The Morgan fingerprint density at radius 1 is 1.00 bits per heavy atom. The first-order valence-corrected chi connectivity index (χ1v) is 10.00. The third-order valence-electron chi connectivity index (χ3n) is 3.81. The standard InChI is InChI=1S/C19H22ClNO3S/c1-19(2,3)14-4-8-16(9-5-14)21-18(22)12-13-25(23,24)17-10-6-15(20)7-11-17/h4-11H,12-13H2,1-3H3,(H,21,22). The Hall–Kier alpha value is -1.85. The summed E-state index contributed by atoms with van der Waals surface area (Å²) in [6, 6.07) is 13.5. The van der Waals surface area contributed by atoms with Crippen molar-refractivity contribution in [3.05, 3.63) is 59.1 Å². The zero-order chi connectivity index (χ0) is 18.7. The van der Waals surface area contributed by atoms with Crippen LogP contribution in [0, 0.1) is 0 Å². The lowest BCUT2D eigenvalue weighted by molar-refractivity contribution is -0.115.